The Hall–Kier alpha value is -2.97. The van der Waals surface area contributed by atoms with Crippen molar-refractivity contribution in [1.29, 1.82) is 0 Å². The number of hydrogen-bond acceptors (Lipinski definition) is 4. The molecule has 3 aromatic rings. The van der Waals surface area contributed by atoms with Gasteiger partial charge in [-0.1, -0.05) is 10.8 Å². The van der Waals surface area contributed by atoms with E-state index in [-0.39, 0.29) is 12.5 Å². The van der Waals surface area contributed by atoms with Crippen LogP contribution in [0.15, 0.2) is 41.8 Å². The Morgan fingerprint density at radius 3 is 2.67 bits per heavy atom. The number of anilines is 1. The summed E-state index contributed by atoms with van der Waals surface area (Å²) in [5, 5.41) is 11.2. The number of halogens is 3. The minimum atomic E-state index is -4.31. The van der Waals surface area contributed by atoms with Gasteiger partial charge in [0.2, 0.25) is 11.6 Å². The van der Waals surface area contributed by atoms with Crippen molar-refractivity contribution in [3.63, 3.8) is 0 Å². The molecule has 0 bridgehead atoms. The summed E-state index contributed by atoms with van der Waals surface area (Å²) >= 11 is 0. The standard InChI is InChI=1S/C18H18F3N6/c1-17(2,18(19,20)21)10-23-16-22-9-15-12(6-7-27(15)25-16)11-4-5-13-14(8-11)26(3)24-13/h4-9H,10H2,1-3H3,(H,22,23,25)/q+1. The van der Waals surface area contributed by atoms with Crippen LogP contribution in [0.5, 0.6) is 0 Å². The van der Waals surface area contributed by atoms with Crippen molar-refractivity contribution in [3.8, 4) is 11.1 Å². The number of fused-ring (bicyclic) bond motifs is 2. The van der Waals surface area contributed by atoms with Crippen LogP contribution >= 0.6 is 0 Å². The number of aromatic nitrogens is 3. The predicted octanol–water partition coefficient (Wildman–Crippen LogP) is 4.77. The van der Waals surface area contributed by atoms with Crippen LogP contribution < -0.4 is 5.32 Å². The molecule has 1 aromatic carbocycles. The molecule has 2 aromatic heterocycles. The number of nitrogens with one attached hydrogen (secondary N) is 1. The summed E-state index contributed by atoms with van der Waals surface area (Å²) in [6.07, 6.45) is -0.933. The summed E-state index contributed by atoms with van der Waals surface area (Å²) in [5.41, 5.74) is 2.83. The van der Waals surface area contributed by atoms with Crippen LogP contribution in [0.25, 0.3) is 16.6 Å². The molecule has 1 N–H and O–H groups in total. The van der Waals surface area contributed by atoms with Crippen LogP contribution in [0.3, 0.4) is 0 Å². The molecule has 0 saturated heterocycles. The maximum absolute atomic E-state index is 13.0. The van der Waals surface area contributed by atoms with Gasteiger partial charge in [-0.3, -0.25) is 0 Å². The number of rotatable bonds is 4. The fourth-order valence-electron chi connectivity index (χ4n) is 2.83. The Labute approximate surface area is 153 Å². The summed E-state index contributed by atoms with van der Waals surface area (Å²) in [6, 6.07) is 7.87. The molecule has 0 amide bonds. The topological polar surface area (TPSA) is 57.6 Å². The van der Waals surface area contributed by atoms with E-state index in [4.69, 9.17) is 0 Å². The zero-order chi connectivity index (χ0) is 19.4. The largest absolute Gasteiger partial charge is 0.395 e. The van der Waals surface area contributed by atoms with Crippen LogP contribution in [0.1, 0.15) is 13.8 Å². The minimum Gasteiger partial charge on any atom is -0.352 e. The lowest BCUT2D eigenvalue weighted by molar-refractivity contribution is -0.494. The summed E-state index contributed by atoms with van der Waals surface area (Å²) in [6.45, 7) is 1.97. The normalized spacial score (nSPS) is 13.9. The molecule has 4 rings (SSSR count). The molecule has 140 valence electrons. The van der Waals surface area contributed by atoms with Gasteiger partial charge >= 0.3 is 6.18 Å². The van der Waals surface area contributed by atoms with Gasteiger partial charge in [0.05, 0.1) is 17.1 Å². The van der Waals surface area contributed by atoms with Gasteiger partial charge in [0.15, 0.2) is 7.05 Å². The second kappa shape index (κ2) is 5.77. The maximum atomic E-state index is 13.0. The number of alkyl halides is 3. The van der Waals surface area contributed by atoms with Crippen LogP contribution in [-0.4, -0.2) is 39.1 Å². The van der Waals surface area contributed by atoms with E-state index in [9.17, 15) is 13.2 Å². The molecule has 0 aliphatic carbocycles. The molecule has 1 aliphatic rings. The highest BCUT2D eigenvalue weighted by molar-refractivity contribution is 5.83. The van der Waals surface area contributed by atoms with Crippen molar-refractivity contribution in [1.82, 2.24) is 14.6 Å². The molecule has 0 spiro atoms. The Balaban J connectivity index is 1.59. The first-order valence-electron chi connectivity index (χ1n) is 8.40. The van der Waals surface area contributed by atoms with Crippen LogP contribution in [0, 0.1) is 5.41 Å². The monoisotopic (exact) mass is 375 g/mol. The highest BCUT2D eigenvalue weighted by Gasteiger charge is 2.47. The van der Waals surface area contributed by atoms with Crippen LogP contribution in [0.2, 0.25) is 0 Å². The number of nitrogens with zero attached hydrogens (tertiary/aromatic N) is 5. The van der Waals surface area contributed by atoms with E-state index >= 15 is 0 Å². The molecule has 0 fully saturated rings. The van der Waals surface area contributed by atoms with Crippen molar-refractivity contribution < 1.29 is 17.9 Å². The fourth-order valence-corrected chi connectivity index (χ4v) is 2.83. The van der Waals surface area contributed by atoms with Gasteiger partial charge in [-0.05, 0) is 31.5 Å². The lowest BCUT2D eigenvalue weighted by Crippen LogP contribution is -2.38. The van der Waals surface area contributed by atoms with Gasteiger partial charge in [0.1, 0.15) is 0 Å². The minimum absolute atomic E-state index is 0.151. The van der Waals surface area contributed by atoms with E-state index in [1.807, 2.05) is 31.3 Å². The summed E-state index contributed by atoms with van der Waals surface area (Å²) in [5.74, 6) is 0.151. The molecule has 6 nitrogen and oxygen atoms in total. The number of benzene rings is 1. The summed E-state index contributed by atoms with van der Waals surface area (Å²) in [4.78, 5) is 4.18. The average Bonchev–Trinajstić information content (AvgIpc) is 3.01. The zero-order valence-electron chi connectivity index (χ0n) is 15.0. The van der Waals surface area contributed by atoms with Crippen molar-refractivity contribution in [2.24, 2.45) is 10.5 Å². The average molecular weight is 375 g/mol. The lowest BCUT2D eigenvalue weighted by atomic mass is 9.93. The van der Waals surface area contributed by atoms with Crippen molar-refractivity contribution in [2.45, 2.75) is 20.0 Å². The second-order valence-electron chi connectivity index (χ2n) is 7.20. The molecular formula is C18H18F3N6+. The van der Waals surface area contributed by atoms with E-state index in [1.165, 1.54) is 0 Å². The SMILES string of the molecule is C[N+]1=Nc2ccc(-c3ccn4nc(NCC(C)(C)C(F)(F)F)ncc34)cc21. The molecule has 9 heteroatoms. The van der Waals surface area contributed by atoms with E-state index < -0.39 is 11.6 Å². The third kappa shape index (κ3) is 2.92. The molecular weight excluding hydrogens is 357 g/mol. The second-order valence-corrected chi connectivity index (χ2v) is 7.20. The van der Waals surface area contributed by atoms with E-state index in [0.717, 1.165) is 41.9 Å². The molecule has 0 unspecified atom stereocenters. The van der Waals surface area contributed by atoms with E-state index in [2.05, 4.69) is 20.5 Å². The lowest BCUT2D eigenvalue weighted by Gasteiger charge is -2.27. The quantitative estimate of drug-likeness (QED) is 0.669. The van der Waals surface area contributed by atoms with Gasteiger partial charge in [-0.2, -0.15) is 13.2 Å². The zero-order valence-corrected chi connectivity index (χ0v) is 15.0. The summed E-state index contributed by atoms with van der Waals surface area (Å²) < 4.78 is 42.3. The smallest absolute Gasteiger partial charge is 0.352 e. The van der Waals surface area contributed by atoms with Crippen molar-refractivity contribution in [3.05, 3.63) is 36.7 Å². The van der Waals surface area contributed by atoms with E-state index in [0.29, 0.717) is 0 Å². The fraction of sp³-hybridized carbons (Fsp3) is 0.333. The Bertz CT molecular complexity index is 1060. The number of azo groups is 2. The number of hydrogen-bond donors (Lipinski definition) is 1. The molecule has 0 atom stereocenters. The van der Waals surface area contributed by atoms with Gasteiger partial charge in [0.25, 0.3) is 5.69 Å². The Morgan fingerprint density at radius 2 is 1.96 bits per heavy atom. The molecule has 0 saturated carbocycles. The highest BCUT2D eigenvalue weighted by Crippen LogP contribution is 2.40. The first-order valence-corrected chi connectivity index (χ1v) is 8.40. The molecule has 3 heterocycles. The first-order chi connectivity index (χ1) is 12.7. The first kappa shape index (κ1) is 17.4. The highest BCUT2D eigenvalue weighted by atomic mass is 19.4. The van der Waals surface area contributed by atoms with E-state index in [1.54, 1.807) is 21.6 Å². The molecule has 27 heavy (non-hydrogen) atoms. The van der Waals surface area contributed by atoms with Crippen LogP contribution in [-0.2, 0) is 0 Å². The van der Waals surface area contributed by atoms with Gasteiger partial charge in [0, 0.05) is 29.5 Å². The Kier molecular flexibility index (Phi) is 3.72. The molecule has 1 aliphatic heterocycles. The third-order valence-corrected chi connectivity index (χ3v) is 4.77. The maximum Gasteiger partial charge on any atom is 0.395 e. The third-order valence-electron chi connectivity index (χ3n) is 4.77. The van der Waals surface area contributed by atoms with Crippen molar-refractivity contribution in [2.75, 3.05) is 18.9 Å². The molecule has 0 radical (unpaired) electrons. The predicted molar refractivity (Wildman–Crippen MR) is 94.7 cm³/mol. The van der Waals surface area contributed by atoms with Gasteiger partial charge in [-0.15, -0.1) is 5.10 Å². The van der Waals surface area contributed by atoms with Crippen molar-refractivity contribution >= 4 is 22.8 Å². The van der Waals surface area contributed by atoms with Gasteiger partial charge < -0.3 is 5.32 Å². The van der Waals surface area contributed by atoms with Gasteiger partial charge in [-0.25, -0.2) is 9.50 Å². The van der Waals surface area contributed by atoms with Crippen LogP contribution in [0.4, 0.5) is 30.5 Å². The Morgan fingerprint density at radius 1 is 1.19 bits per heavy atom. The summed E-state index contributed by atoms with van der Waals surface area (Å²) in [7, 11) is 1.88.